The van der Waals surface area contributed by atoms with E-state index < -0.39 is 0 Å². The maximum atomic E-state index is 8.94. The fraction of sp³-hybridized carbons (Fsp3) is 0.909. The zero-order valence-corrected chi connectivity index (χ0v) is 9.93. The zero-order chi connectivity index (χ0) is 11.0. The number of rotatable bonds is 7. The first kappa shape index (κ1) is 13.4. The molecule has 0 spiro atoms. The van der Waals surface area contributed by atoms with Crippen molar-refractivity contribution in [2.75, 3.05) is 27.2 Å². The fourth-order valence-electron chi connectivity index (χ4n) is 1.19. The summed E-state index contributed by atoms with van der Waals surface area (Å²) >= 11 is 0. The molecule has 0 aromatic heterocycles. The highest BCUT2D eigenvalue weighted by atomic mass is 15.1. The smallest absolute Gasteiger partial charge is 0.104 e. The van der Waals surface area contributed by atoms with E-state index in [1.165, 1.54) is 12.8 Å². The molecule has 0 saturated heterocycles. The van der Waals surface area contributed by atoms with Crippen molar-refractivity contribution in [2.45, 2.75) is 38.6 Å². The number of unbranched alkanes of at least 4 members (excludes halogenated alkanes) is 1. The van der Waals surface area contributed by atoms with Crippen LogP contribution in [0.25, 0.3) is 0 Å². The second-order valence-corrected chi connectivity index (χ2v) is 4.10. The van der Waals surface area contributed by atoms with Crippen molar-refractivity contribution in [3.8, 4) is 6.07 Å². The summed E-state index contributed by atoms with van der Waals surface area (Å²) in [6.07, 6.45) is 3.34. The normalized spacial score (nSPS) is 15.1. The van der Waals surface area contributed by atoms with Crippen LogP contribution in [0, 0.1) is 11.3 Å². The van der Waals surface area contributed by atoms with E-state index in [9.17, 15) is 0 Å². The van der Waals surface area contributed by atoms with Gasteiger partial charge in [0.1, 0.15) is 5.54 Å². The standard InChI is InChI=1S/C11H23N3/c1-5-6-8-14(4)9-7-11(2,10-12)13-3/h13H,5-9H2,1-4H3. The fourth-order valence-corrected chi connectivity index (χ4v) is 1.19. The predicted octanol–water partition coefficient (Wildman–Crippen LogP) is 1.61. The number of nitrogens with zero attached hydrogens (tertiary/aromatic N) is 2. The minimum atomic E-state index is -0.375. The molecule has 0 rings (SSSR count). The first-order valence-corrected chi connectivity index (χ1v) is 5.36. The Morgan fingerprint density at radius 3 is 2.50 bits per heavy atom. The molecule has 14 heavy (non-hydrogen) atoms. The molecule has 1 unspecified atom stereocenters. The van der Waals surface area contributed by atoms with E-state index in [-0.39, 0.29) is 5.54 Å². The van der Waals surface area contributed by atoms with Crippen LogP contribution >= 0.6 is 0 Å². The van der Waals surface area contributed by atoms with Crippen LogP contribution < -0.4 is 5.32 Å². The van der Waals surface area contributed by atoms with Gasteiger partial charge in [-0.3, -0.25) is 0 Å². The maximum Gasteiger partial charge on any atom is 0.104 e. The van der Waals surface area contributed by atoms with Gasteiger partial charge in [0, 0.05) is 6.54 Å². The Balaban J connectivity index is 3.75. The lowest BCUT2D eigenvalue weighted by atomic mass is 10.00. The first-order chi connectivity index (χ1) is 6.58. The average Bonchev–Trinajstić information content (AvgIpc) is 2.23. The van der Waals surface area contributed by atoms with Gasteiger partial charge in [0.25, 0.3) is 0 Å². The Bertz CT molecular complexity index is 185. The van der Waals surface area contributed by atoms with Crippen molar-refractivity contribution in [3.05, 3.63) is 0 Å². The van der Waals surface area contributed by atoms with Crippen LogP contribution in [0.1, 0.15) is 33.1 Å². The van der Waals surface area contributed by atoms with Gasteiger partial charge in [-0.05, 0) is 40.4 Å². The second-order valence-electron chi connectivity index (χ2n) is 4.10. The highest BCUT2D eigenvalue weighted by Gasteiger charge is 2.20. The van der Waals surface area contributed by atoms with Crippen LogP contribution in [0.5, 0.6) is 0 Å². The Kier molecular flexibility index (Phi) is 6.52. The number of nitrogens with one attached hydrogen (secondary N) is 1. The topological polar surface area (TPSA) is 39.1 Å². The van der Waals surface area contributed by atoms with Crippen LogP contribution in [0.3, 0.4) is 0 Å². The van der Waals surface area contributed by atoms with Gasteiger partial charge in [0.15, 0.2) is 0 Å². The Labute approximate surface area is 88.1 Å². The number of hydrogen-bond acceptors (Lipinski definition) is 3. The lowest BCUT2D eigenvalue weighted by molar-refractivity contribution is 0.290. The molecule has 1 atom stereocenters. The van der Waals surface area contributed by atoms with Gasteiger partial charge in [-0.25, -0.2) is 0 Å². The number of hydrogen-bond donors (Lipinski definition) is 1. The minimum absolute atomic E-state index is 0.375. The summed E-state index contributed by atoms with van der Waals surface area (Å²) in [5, 5.41) is 12.0. The summed E-state index contributed by atoms with van der Waals surface area (Å²) in [6.45, 7) is 6.24. The van der Waals surface area contributed by atoms with Gasteiger partial charge < -0.3 is 10.2 Å². The molecule has 0 heterocycles. The van der Waals surface area contributed by atoms with E-state index >= 15 is 0 Å². The molecule has 0 aliphatic heterocycles. The van der Waals surface area contributed by atoms with Crippen LogP contribution in [-0.2, 0) is 0 Å². The van der Waals surface area contributed by atoms with Crippen molar-refractivity contribution in [1.82, 2.24) is 10.2 Å². The average molecular weight is 197 g/mol. The van der Waals surface area contributed by atoms with Crippen LogP contribution in [0.2, 0.25) is 0 Å². The Hall–Kier alpha value is -0.590. The highest BCUT2D eigenvalue weighted by Crippen LogP contribution is 2.08. The van der Waals surface area contributed by atoms with Gasteiger partial charge in [0.2, 0.25) is 0 Å². The summed E-state index contributed by atoms with van der Waals surface area (Å²) in [5.74, 6) is 0. The molecule has 0 aromatic rings. The van der Waals surface area contributed by atoms with Crippen molar-refractivity contribution in [2.24, 2.45) is 0 Å². The molecule has 0 bridgehead atoms. The summed E-state index contributed by atoms with van der Waals surface area (Å²) in [5.41, 5.74) is -0.375. The quantitative estimate of drug-likeness (QED) is 0.674. The largest absolute Gasteiger partial charge is 0.306 e. The highest BCUT2D eigenvalue weighted by molar-refractivity contribution is 5.02. The number of nitriles is 1. The van der Waals surface area contributed by atoms with Gasteiger partial charge in [-0.2, -0.15) is 5.26 Å². The van der Waals surface area contributed by atoms with E-state index in [2.05, 4.69) is 30.3 Å². The van der Waals surface area contributed by atoms with E-state index in [4.69, 9.17) is 5.26 Å². The summed E-state index contributed by atoms with van der Waals surface area (Å²) in [4.78, 5) is 2.29. The Morgan fingerprint density at radius 2 is 2.07 bits per heavy atom. The summed E-state index contributed by atoms with van der Waals surface area (Å²) in [6, 6.07) is 2.30. The molecule has 3 nitrogen and oxygen atoms in total. The molecule has 1 N–H and O–H groups in total. The van der Waals surface area contributed by atoms with Crippen molar-refractivity contribution in [1.29, 1.82) is 5.26 Å². The van der Waals surface area contributed by atoms with Crippen LogP contribution in [0.4, 0.5) is 0 Å². The lowest BCUT2D eigenvalue weighted by Crippen LogP contribution is -2.41. The molecule has 0 aromatic carbocycles. The maximum absolute atomic E-state index is 8.94. The third-order valence-electron chi connectivity index (χ3n) is 2.69. The zero-order valence-electron chi connectivity index (χ0n) is 9.93. The van der Waals surface area contributed by atoms with Crippen molar-refractivity contribution >= 4 is 0 Å². The van der Waals surface area contributed by atoms with Gasteiger partial charge in [-0.1, -0.05) is 13.3 Å². The molecular formula is C11H23N3. The van der Waals surface area contributed by atoms with Crippen molar-refractivity contribution in [3.63, 3.8) is 0 Å². The molecule has 0 amide bonds. The third-order valence-corrected chi connectivity index (χ3v) is 2.69. The van der Waals surface area contributed by atoms with Gasteiger partial charge >= 0.3 is 0 Å². The molecule has 0 fully saturated rings. The van der Waals surface area contributed by atoms with E-state index in [1.54, 1.807) is 0 Å². The van der Waals surface area contributed by atoms with E-state index in [0.29, 0.717) is 0 Å². The molecule has 0 aliphatic rings. The summed E-state index contributed by atoms with van der Waals surface area (Å²) < 4.78 is 0. The molecule has 3 heteroatoms. The van der Waals surface area contributed by atoms with Crippen molar-refractivity contribution < 1.29 is 0 Å². The van der Waals surface area contributed by atoms with Crippen LogP contribution in [-0.4, -0.2) is 37.6 Å². The van der Waals surface area contributed by atoms with Crippen LogP contribution in [0.15, 0.2) is 0 Å². The molecule has 0 saturated carbocycles. The first-order valence-electron chi connectivity index (χ1n) is 5.36. The predicted molar refractivity (Wildman–Crippen MR) is 60.1 cm³/mol. The molecule has 0 aliphatic carbocycles. The van der Waals surface area contributed by atoms with E-state index in [0.717, 1.165) is 19.5 Å². The monoisotopic (exact) mass is 197 g/mol. The second kappa shape index (κ2) is 6.80. The minimum Gasteiger partial charge on any atom is -0.306 e. The molecule has 82 valence electrons. The lowest BCUT2D eigenvalue weighted by Gasteiger charge is -2.24. The van der Waals surface area contributed by atoms with Gasteiger partial charge in [0.05, 0.1) is 6.07 Å². The van der Waals surface area contributed by atoms with E-state index in [1.807, 2.05) is 14.0 Å². The molecule has 0 radical (unpaired) electrons. The third kappa shape index (κ3) is 5.21. The Morgan fingerprint density at radius 1 is 1.43 bits per heavy atom. The van der Waals surface area contributed by atoms with Gasteiger partial charge in [-0.15, -0.1) is 0 Å². The SMILES string of the molecule is CCCCN(C)CCC(C)(C#N)NC. The molecular weight excluding hydrogens is 174 g/mol. The summed E-state index contributed by atoms with van der Waals surface area (Å²) in [7, 11) is 3.96.